The number of nitrogens with two attached hydrogens (primary N) is 1. The van der Waals surface area contributed by atoms with Gasteiger partial charge in [0.05, 0.1) is 39.0 Å². The molecule has 0 amide bonds. The first-order valence-electron chi connectivity index (χ1n) is 7.38. The minimum Gasteiger partial charge on any atom is -0.496 e. The summed E-state index contributed by atoms with van der Waals surface area (Å²) < 4.78 is 16.0. The largest absolute Gasteiger partial charge is 0.496 e. The summed E-state index contributed by atoms with van der Waals surface area (Å²) in [4.78, 5) is 0. The van der Waals surface area contributed by atoms with Gasteiger partial charge in [0.2, 0.25) is 0 Å². The van der Waals surface area contributed by atoms with E-state index < -0.39 is 12.1 Å². The molecule has 0 saturated heterocycles. The van der Waals surface area contributed by atoms with Crippen LogP contribution in [-0.4, -0.2) is 32.5 Å². The molecule has 2 aromatic rings. The van der Waals surface area contributed by atoms with Crippen LogP contribution in [0.25, 0.3) is 0 Å². The van der Waals surface area contributed by atoms with Gasteiger partial charge in [-0.1, -0.05) is 30.3 Å². The Morgan fingerprint density at radius 1 is 0.957 bits per heavy atom. The van der Waals surface area contributed by atoms with E-state index in [1.165, 1.54) is 0 Å². The molecule has 2 atom stereocenters. The van der Waals surface area contributed by atoms with Crippen molar-refractivity contribution in [2.24, 2.45) is 5.73 Å². The van der Waals surface area contributed by atoms with E-state index in [2.05, 4.69) is 0 Å². The molecule has 0 fully saturated rings. The van der Waals surface area contributed by atoms with E-state index in [0.29, 0.717) is 29.2 Å². The third-order valence-corrected chi connectivity index (χ3v) is 3.79. The summed E-state index contributed by atoms with van der Waals surface area (Å²) in [5, 5.41) is 10.5. The highest BCUT2D eigenvalue weighted by Crippen LogP contribution is 2.38. The van der Waals surface area contributed by atoms with E-state index in [1.54, 1.807) is 33.5 Å². The maximum Gasteiger partial charge on any atom is 0.131 e. The zero-order valence-corrected chi connectivity index (χ0v) is 13.7. The van der Waals surface area contributed by atoms with Crippen LogP contribution < -0.4 is 19.9 Å². The van der Waals surface area contributed by atoms with Crippen molar-refractivity contribution < 1.29 is 19.3 Å². The fourth-order valence-electron chi connectivity index (χ4n) is 2.54. The molecule has 2 aromatic carbocycles. The van der Waals surface area contributed by atoms with Crippen molar-refractivity contribution in [2.75, 3.05) is 21.3 Å². The van der Waals surface area contributed by atoms with Crippen LogP contribution in [-0.2, 0) is 6.42 Å². The van der Waals surface area contributed by atoms with Crippen LogP contribution in [0, 0.1) is 0 Å². The normalized spacial score (nSPS) is 13.3. The highest BCUT2D eigenvalue weighted by molar-refractivity contribution is 5.52. The van der Waals surface area contributed by atoms with Crippen molar-refractivity contribution in [1.82, 2.24) is 0 Å². The molecule has 0 saturated carbocycles. The molecule has 0 spiro atoms. The van der Waals surface area contributed by atoms with Crippen LogP contribution >= 0.6 is 0 Å². The standard InChI is InChI=1S/C18H23NO4/c1-21-13-10-15(22-2)17(16(11-13)23-3)18(19)14(20)9-12-7-5-4-6-8-12/h4-8,10-11,14,18,20H,9,19H2,1-3H3/t14-,18-/m1/s1. The molecule has 124 valence electrons. The van der Waals surface area contributed by atoms with Crippen LogP contribution in [0.3, 0.4) is 0 Å². The van der Waals surface area contributed by atoms with E-state index in [4.69, 9.17) is 19.9 Å². The molecule has 0 radical (unpaired) electrons. The van der Waals surface area contributed by atoms with Gasteiger partial charge in [-0.25, -0.2) is 0 Å². The van der Waals surface area contributed by atoms with Crippen molar-refractivity contribution in [2.45, 2.75) is 18.6 Å². The molecule has 0 bridgehead atoms. The Balaban J connectivity index is 2.31. The van der Waals surface area contributed by atoms with Gasteiger partial charge in [0.25, 0.3) is 0 Å². The minimum absolute atomic E-state index is 0.445. The zero-order valence-electron chi connectivity index (χ0n) is 13.7. The van der Waals surface area contributed by atoms with Crippen LogP contribution in [0.4, 0.5) is 0 Å². The minimum atomic E-state index is -0.770. The Kier molecular flexibility index (Phi) is 5.84. The van der Waals surface area contributed by atoms with E-state index in [-0.39, 0.29) is 0 Å². The van der Waals surface area contributed by atoms with Gasteiger partial charge in [0, 0.05) is 18.6 Å². The Morgan fingerprint density at radius 2 is 1.52 bits per heavy atom. The first-order chi connectivity index (χ1) is 11.1. The highest BCUT2D eigenvalue weighted by atomic mass is 16.5. The van der Waals surface area contributed by atoms with Gasteiger partial charge in [-0.05, 0) is 5.56 Å². The number of ether oxygens (including phenoxy) is 3. The highest BCUT2D eigenvalue weighted by Gasteiger charge is 2.25. The van der Waals surface area contributed by atoms with E-state index in [0.717, 1.165) is 5.56 Å². The van der Waals surface area contributed by atoms with Crippen molar-refractivity contribution in [3.8, 4) is 17.2 Å². The molecule has 0 heterocycles. The molecule has 5 nitrogen and oxygen atoms in total. The van der Waals surface area contributed by atoms with Gasteiger partial charge in [-0.2, -0.15) is 0 Å². The summed E-state index contributed by atoms with van der Waals surface area (Å²) in [6, 6.07) is 12.5. The number of hydrogen-bond acceptors (Lipinski definition) is 5. The molecule has 2 rings (SSSR count). The van der Waals surface area contributed by atoms with Crippen LogP contribution in [0.5, 0.6) is 17.2 Å². The molecule has 0 aliphatic carbocycles. The first kappa shape index (κ1) is 17.1. The second kappa shape index (κ2) is 7.85. The lowest BCUT2D eigenvalue weighted by Crippen LogP contribution is -2.29. The number of aliphatic hydroxyl groups excluding tert-OH is 1. The predicted octanol–water partition coefficient (Wildman–Crippen LogP) is 2.32. The van der Waals surface area contributed by atoms with Crippen molar-refractivity contribution in [1.29, 1.82) is 0 Å². The third kappa shape index (κ3) is 3.94. The molecular formula is C18H23NO4. The second-order valence-corrected chi connectivity index (χ2v) is 5.23. The molecule has 3 N–H and O–H groups in total. The number of methoxy groups -OCH3 is 3. The molecule has 0 aliphatic rings. The third-order valence-electron chi connectivity index (χ3n) is 3.79. The molecule has 23 heavy (non-hydrogen) atoms. The van der Waals surface area contributed by atoms with Gasteiger partial charge < -0.3 is 25.1 Å². The lowest BCUT2D eigenvalue weighted by molar-refractivity contribution is 0.142. The van der Waals surface area contributed by atoms with Gasteiger partial charge in [-0.15, -0.1) is 0 Å². The maximum absolute atomic E-state index is 10.5. The molecule has 0 aliphatic heterocycles. The number of hydrogen-bond donors (Lipinski definition) is 2. The Bertz CT molecular complexity index is 605. The maximum atomic E-state index is 10.5. The average Bonchev–Trinajstić information content (AvgIpc) is 2.60. The number of rotatable bonds is 7. The lowest BCUT2D eigenvalue weighted by Gasteiger charge is -2.24. The smallest absolute Gasteiger partial charge is 0.131 e. The summed E-state index contributed by atoms with van der Waals surface area (Å²) in [5.41, 5.74) is 7.92. The quantitative estimate of drug-likeness (QED) is 0.820. The summed E-state index contributed by atoms with van der Waals surface area (Å²) in [7, 11) is 4.67. The fraction of sp³-hybridized carbons (Fsp3) is 0.333. The molecule has 5 heteroatoms. The summed E-state index contributed by atoms with van der Waals surface area (Å²) >= 11 is 0. The van der Waals surface area contributed by atoms with Crippen molar-refractivity contribution in [3.63, 3.8) is 0 Å². The van der Waals surface area contributed by atoms with Crippen LogP contribution in [0.15, 0.2) is 42.5 Å². The summed E-state index contributed by atoms with van der Waals surface area (Å²) in [6.45, 7) is 0. The zero-order chi connectivity index (χ0) is 16.8. The lowest BCUT2D eigenvalue weighted by atomic mass is 9.95. The van der Waals surface area contributed by atoms with E-state index in [9.17, 15) is 5.11 Å². The van der Waals surface area contributed by atoms with E-state index >= 15 is 0 Å². The summed E-state index contributed by atoms with van der Waals surface area (Å²) in [5.74, 6) is 1.66. The summed E-state index contributed by atoms with van der Waals surface area (Å²) in [6.07, 6.45) is -0.325. The van der Waals surface area contributed by atoms with Gasteiger partial charge in [-0.3, -0.25) is 0 Å². The number of benzene rings is 2. The fourth-order valence-corrected chi connectivity index (χ4v) is 2.54. The molecule has 0 aromatic heterocycles. The monoisotopic (exact) mass is 317 g/mol. The topological polar surface area (TPSA) is 73.9 Å². The van der Waals surface area contributed by atoms with Crippen LogP contribution in [0.2, 0.25) is 0 Å². The van der Waals surface area contributed by atoms with Crippen molar-refractivity contribution >= 4 is 0 Å². The second-order valence-electron chi connectivity index (χ2n) is 5.23. The van der Waals surface area contributed by atoms with Crippen molar-refractivity contribution in [3.05, 3.63) is 53.6 Å². The first-order valence-corrected chi connectivity index (χ1v) is 7.38. The van der Waals surface area contributed by atoms with E-state index in [1.807, 2.05) is 30.3 Å². The van der Waals surface area contributed by atoms with Gasteiger partial charge in [0.15, 0.2) is 0 Å². The van der Waals surface area contributed by atoms with Gasteiger partial charge in [0.1, 0.15) is 17.2 Å². The van der Waals surface area contributed by atoms with Crippen LogP contribution in [0.1, 0.15) is 17.2 Å². The predicted molar refractivity (Wildman–Crippen MR) is 89.2 cm³/mol. The Hall–Kier alpha value is -2.24. The Labute approximate surface area is 136 Å². The average molecular weight is 317 g/mol. The SMILES string of the molecule is COc1cc(OC)c([C@H](N)[C@H](O)Cc2ccccc2)c(OC)c1. The van der Waals surface area contributed by atoms with Gasteiger partial charge >= 0.3 is 0 Å². The number of aliphatic hydroxyl groups is 1. The molecular weight excluding hydrogens is 294 g/mol. The molecule has 0 unspecified atom stereocenters. The Morgan fingerprint density at radius 3 is 2.00 bits per heavy atom.